The first kappa shape index (κ1) is 25.0. The number of benzene rings is 1. The molecule has 0 unspecified atom stereocenters. The molecule has 0 radical (unpaired) electrons. The van der Waals surface area contributed by atoms with Gasteiger partial charge in [0.05, 0.1) is 0 Å². The molecule has 1 aromatic carbocycles. The Morgan fingerprint density at radius 2 is 1.29 bits per heavy atom. The third kappa shape index (κ3) is 15.0. The number of carbonyl (C=O) groups excluding carboxylic acids is 1. The predicted molar refractivity (Wildman–Crippen MR) is 123 cm³/mol. The van der Waals surface area contributed by atoms with Crippen LogP contribution in [0, 0.1) is 0 Å². The molecule has 1 rings (SSSR count). The summed E-state index contributed by atoms with van der Waals surface area (Å²) in [5.41, 5.74) is 1.05. The van der Waals surface area contributed by atoms with Gasteiger partial charge < -0.3 is 5.32 Å². The number of halogens is 1. The quantitative estimate of drug-likeness (QED) is 0.244. The lowest BCUT2D eigenvalue weighted by molar-refractivity contribution is -0.121. The summed E-state index contributed by atoms with van der Waals surface area (Å²) in [6.45, 7) is 2.85. The van der Waals surface area contributed by atoms with Crippen LogP contribution < -0.4 is 5.32 Å². The van der Waals surface area contributed by atoms with Crippen molar-refractivity contribution in [1.29, 1.82) is 0 Å². The van der Waals surface area contributed by atoms with E-state index in [4.69, 9.17) is 11.6 Å². The van der Waals surface area contributed by atoms with Crippen LogP contribution >= 0.6 is 11.6 Å². The second-order valence-electron chi connectivity index (χ2n) is 8.11. The maximum atomic E-state index is 11.9. The van der Waals surface area contributed by atoms with Crippen molar-refractivity contribution >= 4 is 17.5 Å². The first-order chi connectivity index (χ1) is 13.7. The lowest BCUT2D eigenvalue weighted by atomic mass is 10.0. The lowest BCUT2D eigenvalue weighted by Gasteiger charge is -2.06. The van der Waals surface area contributed by atoms with E-state index >= 15 is 0 Å². The molecule has 2 nitrogen and oxygen atoms in total. The zero-order chi connectivity index (χ0) is 20.3. The lowest BCUT2D eigenvalue weighted by Crippen LogP contribution is -2.22. The van der Waals surface area contributed by atoms with Crippen molar-refractivity contribution in [2.24, 2.45) is 0 Å². The van der Waals surface area contributed by atoms with Crippen molar-refractivity contribution < 1.29 is 4.79 Å². The Morgan fingerprint density at radius 3 is 1.79 bits per heavy atom. The fraction of sp³-hybridized carbons (Fsp3) is 0.720. The molecule has 0 saturated heterocycles. The van der Waals surface area contributed by atoms with E-state index in [1.807, 2.05) is 24.3 Å². The molecule has 160 valence electrons. The number of nitrogens with one attached hydrogen (secondary N) is 1. The van der Waals surface area contributed by atoms with E-state index in [0.717, 1.165) is 12.0 Å². The molecule has 0 aliphatic heterocycles. The molecule has 0 bridgehead atoms. The number of hydrogen-bond donors (Lipinski definition) is 1. The fourth-order valence-electron chi connectivity index (χ4n) is 3.59. The van der Waals surface area contributed by atoms with Crippen molar-refractivity contribution in [2.75, 3.05) is 0 Å². The van der Waals surface area contributed by atoms with Crippen LogP contribution in [0.5, 0.6) is 0 Å². The van der Waals surface area contributed by atoms with Gasteiger partial charge in [-0.05, 0) is 24.1 Å². The van der Waals surface area contributed by atoms with E-state index in [-0.39, 0.29) is 5.91 Å². The van der Waals surface area contributed by atoms with E-state index in [2.05, 4.69) is 12.2 Å². The highest BCUT2D eigenvalue weighted by Crippen LogP contribution is 2.14. The van der Waals surface area contributed by atoms with Crippen LogP contribution in [0.2, 0.25) is 5.02 Å². The molecule has 28 heavy (non-hydrogen) atoms. The summed E-state index contributed by atoms with van der Waals surface area (Å²) in [7, 11) is 0. The molecule has 0 saturated carbocycles. The highest BCUT2D eigenvalue weighted by atomic mass is 35.5. The van der Waals surface area contributed by atoms with Crippen LogP contribution in [-0.4, -0.2) is 5.91 Å². The Labute approximate surface area is 178 Å². The molecule has 3 heteroatoms. The summed E-state index contributed by atoms with van der Waals surface area (Å²) in [5.74, 6) is 0.148. The molecule has 1 aromatic rings. The molecule has 1 amide bonds. The van der Waals surface area contributed by atoms with E-state index in [1.165, 1.54) is 89.9 Å². The van der Waals surface area contributed by atoms with Gasteiger partial charge in [-0.2, -0.15) is 0 Å². The van der Waals surface area contributed by atoms with Crippen molar-refractivity contribution in [3.8, 4) is 0 Å². The third-order valence-electron chi connectivity index (χ3n) is 5.39. The molecule has 0 heterocycles. The van der Waals surface area contributed by atoms with Gasteiger partial charge in [0.2, 0.25) is 5.91 Å². The maximum absolute atomic E-state index is 11.9. The van der Waals surface area contributed by atoms with Gasteiger partial charge in [-0.3, -0.25) is 4.79 Å². The number of rotatable bonds is 18. The maximum Gasteiger partial charge on any atom is 0.220 e. The highest BCUT2D eigenvalue weighted by molar-refractivity contribution is 6.30. The summed E-state index contributed by atoms with van der Waals surface area (Å²) >= 11 is 5.95. The Bertz CT molecular complexity index is 503. The van der Waals surface area contributed by atoms with Gasteiger partial charge in [0.25, 0.3) is 0 Å². The smallest absolute Gasteiger partial charge is 0.220 e. The minimum atomic E-state index is 0.148. The molecule has 0 atom stereocenters. The Morgan fingerprint density at radius 1 is 0.786 bits per heavy atom. The van der Waals surface area contributed by atoms with Gasteiger partial charge >= 0.3 is 0 Å². The molecular formula is C25H42ClNO. The van der Waals surface area contributed by atoms with E-state index < -0.39 is 0 Å². The van der Waals surface area contributed by atoms with Crippen molar-refractivity contribution in [2.45, 2.75) is 116 Å². The minimum absolute atomic E-state index is 0.148. The SMILES string of the molecule is CCCCCCCCCCCCCCCCCC(=O)NCc1cccc(Cl)c1. The monoisotopic (exact) mass is 407 g/mol. The van der Waals surface area contributed by atoms with Crippen molar-refractivity contribution in [3.63, 3.8) is 0 Å². The summed E-state index contributed by atoms with van der Waals surface area (Å²) in [6, 6.07) is 7.65. The molecule has 0 aliphatic rings. The standard InChI is InChI=1S/C25H42ClNO/c1-2-3-4-5-6-7-8-9-10-11-12-13-14-15-16-20-25(28)27-22-23-18-17-19-24(26)21-23/h17-19,21H,2-16,20,22H2,1H3,(H,27,28). The fourth-order valence-corrected chi connectivity index (χ4v) is 3.81. The van der Waals surface area contributed by atoms with E-state index in [9.17, 15) is 4.79 Å². The highest BCUT2D eigenvalue weighted by Gasteiger charge is 2.02. The van der Waals surface area contributed by atoms with E-state index in [0.29, 0.717) is 18.0 Å². The molecule has 0 aromatic heterocycles. The molecular weight excluding hydrogens is 366 g/mol. The second-order valence-corrected chi connectivity index (χ2v) is 8.54. The van der Waals surface area contributed by atoms with Crippen LogP contribution in [0.3, 0.4) is 0 Å². The summed E-state index contributed by atoms with van der Waals surface area (Å²) in [5, 5.41) is 3.69. The average Bonchev–Trinajstić information content (AvgIpc) is 2.69. The van der Waals surface area contributed by atoms with E-state index in [1.54, 1.807) is 0 Å². The van der Waals surface area contributed by atoms with Crippen molar-refractivity contribution in [3.05, 3.63) is 34.9 Å². The zero-order valence-electron chi connectivity index (χ0n) is 18.1. The summed E-state index contributed by atoms with van der Waals surface area (Å²) in [4.78, 5) is 11.9. The molecule has 0 fully saturated rings. The van der Waals surface area contributed by atoms with Gasteiger partial charge in [-0.25, -0.2) is 0 Å². The third-order valence-corrected chi connectivity index (χ3v) is 5.62. The van der Waals surface area contributed by atoms with Crippen LogP contribution in [0.4, 0.5) is 0 Å². The number of hydrogen-bond acceptors (Lipinski definition) is 1. The first-order valence-corrected chi connectivity index (χ1v) is 12.1. The Hall–Kier alpha value is -1.02. The number of unbranched alkanes of at least 4 members (excludes halogenated alkanes) is 14. The summed E-state index contributed by atoms with van der Waals surface area (Å²) in [6.07, 6.45) is 20.9. The van der Waals surface area contributed by atoms with Crippen molar-refractivity contribution in [1.82, 2.24) is 5.32 Å². The Kier molecular flexibility index (Phi) is 16.1. The largest absolute Gasteiger partial charge is 0.352 e. The van der Waals surface area contributed by atoms with Gasteiger partial charge in [0.15, 0.2) is 0 Å². The van der Waals surface area contributed by atoms with Crippen LogP contribution in [-0.2, 0) is 11.3 Å². The molecule has 1 N–H and O–H groups in total. The van der Waals surface area contributed by atoms with Crippen LogP contribution in [0.1, 0.15) is 115 Å². The minimum Gasteiger partial charge on any atom is -0.352 e. The molecule has 0 aliphatic carbocycles. The number of carbonyl (C=O) groups is 1. The van der Waals surface area contributed by atoms with Gasteiger partial charge in [0, 0.05) is 18.0 Å². The normalized spacial score (nSPS) is 10.9. The topological polar surface area (TPSA) is 29.1 Å². The first-order valence-electron chi connectivity index (χ1n) is 11.7. The van der Waals surface area contributed by atoms with Crippen LogP contribution in [0.15, 0.2) is 24.3 Å². The van der Waals surface area contributed by atoms with Gasteiger partial charge in [-0.15, -0.1) is 0 Å². The summed E-state index contributed by atoms with van der Waals surface area (Å²) < 4.78 is 0. The number of amides is 1. The zero-order valence-corrected chi connectivity index (χ0v) is 18.9. The van der Waals surface area contributed by atoms with Gasteiger partial charge in [-0.1, -0.05) is 121 Å². The second kappa shape index (κ2) is 18.0. The predicted octanol–water partition coefficient (Wildman–Crippen LogP) is 8.22. The van der Waals surface area contributed by atoms with Crippen LogP contribution in [0.25, 0.3) is 0 Å². The Balaban J connectivity index is 1.80. The van der Waals surface area contributed by atoms with Gasteiger partial charge in [0.1, 0.15) is 0 Å². The average molecular weight is 408 g/mol. The molecule has 0 spiro atoms.